The standard InChI is InChI=1S/C38H60O4/c1-4-5-6-7-8-9-10-11-12-13-14-15-16-17-18-19-35(41)42-28-38-26-29(2)24-33(38)32-21-20-30-25-31(39)22-23-37(30,3)36(32)34(40)27-38/h11-12,22-23,25,29,32-34,36,40H,4-10,13-21,24,26-28H2,1-3H3/b12-11+/t29-,32+,33+,34+,36-,37+,38+/m1/s1. The van der Waals surface area contributed by atoms with Gasteiger partial charge >= 0.3 is 5.97 Å². The van der Waals surface area contributed by atoms with Gasteiger partial charge in [0.25, 0.3) is 0 Å². The highest BCUT2D eigenvalue weighted by atomic mass is 16.5. The molecule has 236 valence electrons. The molecule has 42 heavy (non-hydrogen) atoms. The molecule has 0 spiro atoms. The number of hydrogen-bond donors (Lipinski definition) is 1. The Kier molecular flexibility index (Phi) is 12.6. The highest BCUT2D eigenvalue weighted by Crippen LogP contribution is 2.65. The maximum Gasteiger partial charge on any atom is 0.305 e. The summed E-state index contributed by atoms with van der Waals surface area (Å²) in [5, 5.41) is 11.6. The third-order valence-electron chi connectivity index (χ3n) is 11.4. The average molecular weight is 581 g/mol. The summed E-state index contributed by atoms with van der Waals surface area (Å²) in [6.45, 7) is 7.27. The van der Waals surface area contributed by atoms with Crippen LogP contribution in [0.15, 0.2) is 36.0 Å². The van der Waals surface area contributed by atoms with E-state index >= 15 is 0 Å². The molecule has 0 heterocycles. The summed E-state index contributed by atoms with van der Waals surface area (Å²) < 4.78 is 6.00. The number of esters is 1. The first-order chi connectivity index (χ1) is 20.3. The maximum atomic E-state index is 12.8. The van der Waals surface area contributed by atoms with E-state index < -0.39 is 6.10 Å². The van der Waals surface area contributed by atoms with Crippen molar-refractivity contribution in [3.63, 3.8) is 0 Å². The van der Waals surface area contributed by atoms with Crippen molar-refractivity contribution in [3.05, 3.63) is 36.0 Å². The smallest absolute Gasteiger partial charge is 0.305 e. The van der Waals surface area contributed by atoms with Gasteiger partial charge in [0.1, 0.15) is 0 Å². The predicted molar refractivity (Wildman–Crippen MR) is 172 cm³/mol. The van der Waals surface area contributed by atoms with Crippen LogP contribution in [0.25, 0.3) is 0 Å². The lowest BCUT2D eigenvalue weighted by Crippen LogP contribution is -2.56. The molecule has 0 unspecified atom stereocenters. The second kappa shape index (κ2) is 15.9. The van der Waals surface area contributed by atoms with E-state index in [2.05, 4.69) is 39.0 Å². The van der Waals surface area contributed by atoms with Crippen LogP contribution in [0.5, 0.6) is 0 Å². The summed E-state index contributed by atoms with van der Waals surface area (Å²) in [6, 6.07) is 0. The van der Waals surface area contributed by atoms with Gasteiger partial charge in [0.2, 0.25) is 0 Å². The Hall–Kier alpha value is -1.68. The van der Waals surface area contributed by atoms with Crippen molar-refractivity contribution in [2.75, 3.05) is 6.61 Å². The Morgan fingerprint density at radius 3 is 2.38 bits per heavy atom. The molecule has 0 aromatic carbocycles. The fourth-order valence-corrected chi connectivity index (χ4v) is 9.37. The van der Waals surface area contributed by atoms with Gasteiger partial charge in [-0.15, -0.1) is 0 Å². The third-order valence-corrected chi connectivity index (χ3v) is 11.4. The number of fused-ring (bicyclic) bond motifs is 5. The summed E-state index contributed by atoms with van der Waals surface area (Å²) in [5.74, 6) is 1.61. The number of unbranched alkanes of at least 4 members (excludes halogenated alkanes) is 11. The SMILES string of the molecule is CCCCCCCC/C=C/CCCCCCCC(=O)OC[C@@]12C[C@H](C)C[C@H]1[C@@H]1CCC3=CC(=O)C=C[C@]3(C)[C@H]1[C@@H](O)C2. The Balaban J connectivity index is 1.14. The molecule has 3 fully saturated rings. The zero-order valence-electron chi connectivity index (χ0n) is 27.1. The van der Waals surface area contributed by atoms with Crippen molar-refractivity contribution in [3.8, 4) is 0 Å². The van der Waals surface area contributed by atoms with E-state index in [0.717, 1.165) is 38.5 Å². The van der Waals surface area contributed by atoms with Crippen LogP contribution in [-0.4, -0.2) is 29.6 Å². The fourth-order valence-electron chi connectivity index (χ4n) is 9.37. The minimum Gasteiger partial charge on any atom is -0.465 e. The minimum atomic E-state index is -0.438. The minimum absolute atomic E-state index is 0.0635. The quantitative estimate of drug-likeness (QED) is 0.106. The number of aliphatic hydroxyl groups excluding tert-OH is 1. The summed E-state index contributed by atoms with van der Waals surface area (Å²) in [4.78, 5) is 24.9. The van der Waals surface area contributed by atoms with E-state index in [0.29, 0.717) is 37.2 Å². The number of carbonyl (C=O) groups is 2. The molecule has 4 rings (SSSR count). The van der Waals surface area contributed by atoms with E-state index in [1.165, 1.54) is 76.2 Å². The van der Waals surface area contributed by atoms with Crippen LogP contribution < -0.4 is 0 Å². The first-order valence-corrected chi connectivity index (χ1v) is 17.7. The summed E-state index contributed by atoms with van der Waals surface area (Å²) >= 11 is 0. The van der Waals surface area contributed by atoms with Crippen molar-refractivity contribution in [1.29, 1.82) is 0 Å². The van der Waals surface area contributed by atoms with Crippen LogP contribution in [0.4, 0.5) is 0 Å². The molecule has 0 aliphatic heterocycles. The number of ketones is 1. The molecule has 0 amide bonds. The molecule has 4 nitrogen and oxygen atoms in total. The molecule has 4 aliphatic rings. The summed E-state index contributed by atoms with van der Waals surface area (Å²) in [5.41, 5.74) is 0.846. The monoisotopic (exact) mass is 580 g/mol. The topological polar surface area (TPSA) is 63.6 Å². The van der Waals surface area contributed by atoms with Gasteiger partial charge < -0.3 is 9.84 Å². The highest BCUT2D eigenvalue weighted by molar-refractivity contribution is 6.01. The largest absolute Gasteiger partial charge is 0.465 e. The molecule has 1 N–H and O–H groups in total. The fraction of sp³-hybridized carbons (Fsp3) is 0.789. The Morgan fingerprint density at radius 1 is 1.00 bits per heavy atom. The molecular formula is C38H60O4. The zero-order valence-corrected chi connectivity index (χ0v) is 27.1. The molecule has 0 saturated heterocycles. The molecular weight excluding hydrogens is 520 g/mol. The van der Waals surface area contributed by atoms with Gasteiger partial charge in [-0.2, -0.15) is 0 Å². The molecule has 7 atom stereocenters. The second-order valence-corrected chi connectivity index (χ2v) is 14.7. The number of allylic oxidation sites excluding steroid dienone is 6. The van der Waals surface area contributed by atoms with E-state index in [9.17, 15) is 14.7 Å². The van der Waals surface area contributed by atoms with Gasteiger partial charge in [0, 0.05) is 23.2 Å². The first-order valence-electron chi connectivity index (χ1n) is 17.7. The van der Waals surface area contributed by atoms with Crippen molar-refractivity contribution in [2.45, 2.75) is 149 Å². The van der Waals surface area contributed by atoms with Gasteiger partial charge in [-0.25, -0.2) is 0 Å². The normalized spacial score (nSPS) is 33.8. The predicted octanol–water partition coefficient (Wildman–Crippen LogP) is 9.46. The van der Waals surface area contributed by atoms with Gasteiger partial charge in [-0.1, -0.05) is 95.9 Å². The van der Waals surface area contributed by atoms with Crippen molar-refractivity contribution in [1.82, 2.24) is 0 Å². The number of rotatable bonds is 17. The van der Waals surface area contributed by atoms with Gasteiger partial charge in [-0.3, -0.25) is 9.59 Å². The van der Waals surface area contributed by atoms with E-state index in [1.54, 1.807) is 6.08 Å². The van der Waals surface area contributed by atoms with Crippen LogP contribution in [0.1, 0.15) is 143 Å². The molecule has 0 bridgehead atoms. The number of ether oxygens (including phenoxy) is 1. The summed E-state index contributed by atoms with van der Waals surface area (Å²) in [6.07, 6.45) is 31.5. The van der Waals surface area contributed by atoms with Crippen LogP contribution in [0.2, 0.25) is 0 Å². The first kappa shape index (κ1) is 33.2. The molecule has 0 aromatic rings. The van der Waals surface area contributed by atoms with Crippen LogP contribution >= 0.6 is 0 Å². The highest BCUT2D eigenvalue weighted by Gasteiger charge is 2.61. The lowest BCUT2D eigenvalue weighted by Gasteiger charge is -2.58. The number of aliphatic hydroxyl groups is 1. The van der Waals surface area contributed by atoms with Gasteiger partial charge in [0.05, 0.1) is 12.7 Å². The maximum absolute atomic E-state index is 12.8. The van der Waals surface area contributed by atoms with Crippen LogP contribution in [0.3, 0.4) is 0 Å². The second-order valence-electron chi connectivity index (χ2n) is 14.7. The van der Waals surface area contributed by atoms with Crippen molar-refractivity contribution in [2.24, 2.45) is 34.5 Å². The van der Waals surface area contributed by atoms with Gasteiger partial charge in [0.15, 0.2) is 5.78 Å². The lowest BCUT2D eigenvalue weighted by molar-refractivity contribution is -0.160. The zero-order chi connectivity index (χ0) is 30.0. The van der Waals surface area contributed by atoms with Crippen LogP contribution in [-0.2, 0) is 14.3 Å². The molecule has 0 radical (unpaired) electrons. The molecule has 3 saturated carbocycles. The van der Waals surface area contributed by atoms with Crippen molar-refractivity contribution >= 4 is 11.8 Å². The summed E-state index contributed by atoms with van der Waals surface area (Å²) in [7, 11) is 0. The Labute approximate surface area is 256 Å². The van der Waals surface area contributed by atoms with E-state index in [1.807, 2.05) is 6.08 Å². The number of carbonyl (C=O) groups excluding carboxylic acids is 2. The van der Waals surface area contributed by atoms with E-state index in [4.69, 9.17) is 4.74 Å². The van der Waals surface area contributed by atoms with Gasteiger partial charge in [-0.05, 0) is 94.1 Å². The third kappa shape index (κ3) is 8.27. The molecule has 4 heteroatoms. The van der Waals surface area contributed by atoms with Crippen molar-refractivity contribution < 1.29 is 19.4 Å². The molecule has 0 aromatic heterocycles. The average Bonchev–Trinajstić information content (AvgIpc) is 3.30. The Bertz CT molecular complexity index is 978. The number of hydrogen-bond acceptors (Lipinski definition) is 4. The van der Waals surface area contributed by atoms with Crippen LogP contribution in [0, 0.1) is 34.5 Å². The van der Waals surface area contributed by atoms with E-state index in [-0.39, 0.29) is 28.5 Å². The molecule has 4 aliphatic carbocycles. The Morgan fingerprint density at radius 2 is 1.67 bits per heavy atom. The lowest BCUT2D eigenvalue weighted by atomic mass is 9.47.